The molecule has 0 aliphatic heterocycles. The summed E-state index contributed by atoms with van der Waals surface area (Å²) in [6, 6.07) is 16.2. The molecule has 2 nitrogen and oxygen atoms in total. The predicted octanol–water partition coefficient (Wildman–Crippen LogP) is 4.33. The summed E-state index contributed by atoms with van der Waals surface area (Å²) in [7, 11) is 0. The molecule has 0 aromatic heterocycles. The Bertz CT molecular complexity index is 600. The quantitative estimate of drug-likeness (QED) is 0.828. The minimum atomic E-state index is 0.672. The fraction of sp³-hybridized carbons (Fsp3) is 0.133. The summed E-state index contributed by atoms with van der Waals surface area (Å²) in [5.74, 6) is 0. The number of benzene rings is 2. The third-order valence-corrected chi connectivity index (χ3v) is 3.47. The Morgan fingerprint density at radius 1 is 1.11 bits per heavy atom. The third-order valence-electron chi connectivity index (χ3n) is 2.67. The third kappa shape index (κ3) is 2.66. The second-order valence-corrected chi connectivity index (χ2v) is 4.83. The topological polar surface area (TPSA) is 35.8 Å². The number of rotatable bonds is 3. The molecule has 0 amide bonds. The first-order valence-electron chi connectivity index (χ1n) is 5.65. The van der Waals surface area contributed by atoms with Gasteiger partial charge >= 0.3 is 0 Å². The van der Waals surface area contributed by atoms with Gasteiger partial charge in [-0.2, -0.15) is 5.26 Å². The highest BCUT2D eigenvalue weighted by molar-refractivity contribution is 7.98. The first-order valence-corrected chi connectivity index (χ1v) is 6.88. The van der Waals surface area contributed by atoms with E-state index in [9.17, 15) is 0 Å². The summed E-state index contributed by atoms with van der Waals surface area (Å²) in [6.07, 6.45) is 2.04. The molecule has 2 aromatic carbocycles. The van der Waals surface area contributed by atoms with Gasteiger partial charge in [0.1, 0.15) is 6.07 Å². The summed E-state index contributed by atoms with van der Waals surface area (Å²) in [5.41, 5.74) is 3.65. The van der Waals surface area contributed by atoms with Crippen LogP contribution in [0.25, 0.3) is 0 Å². The summed E-state index contributed by atoms with van der Waals surface area (Å²) in [6.45, 7) is 1.99. The molecule has 0 radical (unpaired) electrons. The van der Waals surface area contributed by atoms with Gasteiger partial charge in [0, 0.05) is 4.90 Å². The van der Waals surface area contributed by atoms with Crippen LogP contribution < -0.4 is 5.32 Å². The summed E-state index contributed by atoms with van der Waals surface area (Å²) < 4.78 is 0. The Kier molecular flexibility index (Phi) is 3.91. The number of aryl methyl sites for hydroxylation is 1. The summed E-state index contributed by atoms with van der Waals surface area (Å²) in [5, 5.41) is 12.5. The molecule has 0 heterocycles. The zero-order valence-electron chi connectivity index (χ0n) is 10.4. The van der Waals surface area contributed by atoms with Gasteiger partial charge < -0.3 is 5.32 Å². The highest BCUT2D eigenvalue weighted by Crippen LogP contribution is 2.29. The van der Waals surface area contributed by atoms with Gasteiger partial charge in [0.05, 0.1) is 16.9 Å². The smallest absolute Gasteiger partial charge is 0.101 e. The molecule has 18 heavy (non-hydrogen) atoms. The van der Waals surface area contributed by atoms with Gasteiger partial charge in [-0.15, -0.1) is 11.8 Å². The number of para-hydroxylation sites is 1. The molecule has 3 heteroatoms. The Labute approximate surface area is 112 Å². The van der Waals surface area contributed by atoms with Gasteiger partial charge in [-0.05, 0) is 43.0 Å². The average molecular weight is 254 g/mol. The zero-order valence-corrected chi connectivity index (χ0v) is 11.2. The number of anilines is 2. The van der Waals surface area contributed by atoms with Crippen LogP contribution >= 0.6 is 11.8 Å². The largest absolute Gasteiger partial charge is 0.354 e. The van der Waals surface area contributed by atoms with Gasteiger partial charge in [0.15, 0.2) is 0 Å². The molecule has 1 N–H and O–H groups in total. The van der Waals surface area contributed by atoms with Crippen molar-refractivity contribution in [3.63, 3.8) is 0 Å². The van der Waals surface area contributed by atoms with Gasteiger partial charge in [-0.1, -0.05) is 18.2 Å². The zero-order chi connectivity index (χ0) is 13.0. The number of hydrogen-bond acceptors (Lipinski definition) is 3. The van der Waals surface area contributed by atoms with Crippen molar-refractivity contribution in [1.29, 1.82) is 5.26 Å². The standard InChI is InChI=1S/C15H14N2S/c1-11-7-8-13(12(9-11)10-16)17-14-5-3-4-6-15(14)18-2/h3-9,17H,1-2H3. The van der Waals surface area contributed by atoms with E-state index in [1.54, 1.807) is 11.8 Å². The molecular formula is C15H14N2S. The molecule has 2 rings (SSSR count). The maximum absolute atomic E-state index is 9.15. The molecule has 90 valence electrons. The molecule has 0 fully saturated rings. The minimum Gasteiger partial charge on any atom is -0.354 e. The van der Waals surface area contributed by atoms with Crippen LogP contribution in [0.5, 0.6) is 0 Å². The predicted molar refractivity (Wildman–Crippen MR) is 77.4 cm³/mol. The molecular weight excluding hydrogens is 240 g/mol. The van der Waals surface area contributed by atoms with Crippen LogP contribution in [0.1, 0.15) is 11.1 Å². The van der Waals surface area contributed by atoms with E-state index in [0.29, 0.717) is 5.56 Å². The van der Waals surface area contributed by atoms with E-state index in [-0.39, 0.29) is 0 Å². The lowest BCUT2D eigenvalue weighted by atomic mass is 10.1. The normalized spacial score (nSPS) is 9.83. The van der Waals surface area contributed by atoms with Crippen LogP contribution in [0, 0.1) is 18.3 Å². The van der Waals surface area contributed by atoms with Crippen LogP contribution in [-0.2, 0) is 0 Å². The minimum absolute atomic E-state index is 0.672. The van der Waals surface area contributed by atoms with Crippen molar-refractivity contribution in [2.24, 2.45) is 0 Å². The fourth-order valence-electron chi connectivity index (χ4n) is 1.75. The Balaban J connectivity index is 2.37. The van der Waals surface area contributed by atoms with Crippen LogP contribution in [-0.4, -0.2) is 6.26 Å². The molecule has 0 spiro atoms. The number of nitriles is 1. The van der Waals surface area contributed by atoms with Gasteiger partial charge in [-0.25, -0.2) is 0 Å². The lowest BCUT2D eigenvalue weighted by Gasteiger charge is -2.12. The SMILES string of the molecule is CSc1ccccc1Nc1ccc(C)cc1C#N. The number of hydrogen-bond donors (Lipinski definition) is 1. The maximum atomic E-state index is 9.15. The average Bonchev–Trinajstić information content (AvgIpc) is 2.41. The van der Waals surface area contributed by atoms with Crippen LogP contribution in [0.15, 0.2) is 47.4 Å². The highest BCUT2D eigenvalue weighted by Gasteiger charge is 2.05. The van der Waals surface area contributed by atoms with Crippen LogP contribution in [0.2, 0.25) is 0 Å². The Morgan fingerprint density at radius 3 is 2.61 bits per heavy atom. The van der Waals surface area contributed by atoms with Crippen molar-refractivity contribution in [2.45, 2.75) is 11.8 Å². The number of nitrogens with one attached hydrogen (secondary N) is 1. The number of nitrogens with zero attached hydrogens (tertiary/aromatic N) is 1. The lowest BCUT2D eigenvalue weighted by Crippen LogP contribution is -1.95. The van der Waals surface area contributed by atoms with E-state index in [1.807, 2.05) is 49.6 Å². The van der Waals surface area contributed by atoms with E-state index >= 15 is 0 Å². The lowest BCUT2D eigenvalue weighted by molar-refractivity contribution is 1.37. The van der Waals surface area contributed by atoms with Crippen LogP contribution in [0.3, 0.4) is 0 Å². The molecule has 0 aliphatic rings. The van der Waals surface area contributed by atoms with Crippen LogP contribution in [0.4, 0.5) is 11.4 Å². The number of thioether (sulfide) groups is 1. The van der Waals surface area contributed by atoms with Gasteiger partial charge in [0.2, 0.25) is 0 Å². The molecule has 0 saturated carbocycles. The van der Waals surface area contributed by atoms with Crippen molar-refractivity contribution in [1.82, 2.24) is 0 Å². The van der Waals surface area contributed by atoms with Crippen molar-refractivity contribution < 1.29 is 0 Å². The van der Waals surface area contributed by atoms with Gasteiger partial charge in [-0.3, -0.25) is 0 Å². The van der Waals surface area contributed by atoms with E-state index in [2.05, 4.69) is 17.5 Å². The first-order chi connectivity index (χ1) is 8.74. The van der Waals surface area contributed by atoms with E-state index < -0.39 is 0 Å². The molecule has 0 atom stereocenters. The molecule has 0 unspecified atom stereocenters. The van der Waals surface area contributed by atoms with E-state index in [1.165, 1.54) is 4.90 Å². The van der Waals surface area contributed by atoms with Crippen molar-refractivity contribution in [3.05, 3.63) is 53.6 Å². The summed E-state index contributed by atoms with van der Waals surface area (Å²) in [4.78, 5) is 1.17. The van der Waals surface area contributed by atoms with E-state index in [0.717, 1.165) is 16.9 Å². The van der Waals surface area contributed by atoms with Crippen molar-refractivity contribution in [2.75, 3.05) is 11.6 Å². The van der Waals surface area contributed by atoms with Crippen molar-refractivity contribution in [3.8, 4) is 6.07 Å². The molecule has 0 bridgehead atoms. The first kappa shape index (κ1) is 12.5. The Morgan fingerprint density at radius 2 is 1.89 bits per heavy atom. The van der Waals surface area contributed by atoms with Gasteiger partial charge in [0.25, 0.3) is 0 Å². The highest BCUT2D eigenvalue weighted by atomic mass is 32.2. The second-order valence-electron chi connectivity index (χ2n) is 3.99. The van der Waals surface area contributed by atoms with Crippen molar-refractivity contribution >= 4 is 23.1 Å². The summed E-state index contributed by atoms with van der Waals surface area (Å²) >= 11 is 1.69. The van der Waals surface area contributed by atoms with E-state index in [4.69, 9.17) is 5.26 Å². The maximum Gasteiger partial charge on any atom is 0.101 e. The monoisotopic (exact) mass is 254 g/mol. The molecule has 0 saturated heterocycles. The second kappa shape index (κ2) is 5.61. The molecule has 0 aliphatic carbocycles. The Hall–Kier alpha value is -1.92. The fourth-order valence-corrected chi connectivity index (χ4v) is 2.31. The molecule has 2 aromatic rings.